The monoisotopic (exact) mass is 621 g/mol. The van der Waals surface area contributed by atoms with Crippen LogP contribution in [-0.4, -0.2) is 14.5 Å². The summed E-state index contributed by atoms with van der Waals surface area (Å²) < 4.78 is 2.30. The Bertz CT molecular complexity index is 2970. The third-order valence-electron chi connectivity index (χ3n) is 10.3. The fourth-order valence-corrected chi connectivity index (χ4v) is 8.11. The number of rotatable bonds is 3. The highest BCUT2D eigenvalue weighted by molar-refractivity contribution is 6.30. The number of hydrogen-bond acceptors (Lipinski definition) is 2. The zero-order chi connectivity index (χ0) is 32.1. The van der Waals surface area contributed by atoms with Gasteiger partial charge < -0.3 is 0 Å². The van der Waals surface area contributed by atoms with Crippen molar-refractivity contribution in [3.8, 4) is 50.6 Å². The van der Waals surface area contributed by atoms with Crippen LogP contribution in [0.15, 0.2) is 164 Å². The minimum Gasteiger partial charge on any atom is -0.278 e. The van der Waals surface area contributed by atoms with E-state index >= 15 is 0 Å². The summed E-state index contributed by atoms with van der Waals surface area (Å²) in [7, 11) is 0. The molecule has 3 nitrogen and oxygen atoms in total. The van der Waals surface area contributed by atoms with Crippen molar-refractivity contribution in [2.24, 2.45) is 0 Å². The maximum absolute atomic E-state index is 5.44. The zero-order valence-electron chi connectivity index (χ0n) is 26.4. The molecule has 0 amide bonds. The Balaban J connectivity index is 1.25. The summed E-state index contributed by atoms with van der Waals surface area (Å²) in [5, 5.41) is 8.48. The number of para-hydroxylation sites is 1. The number of fused-ring (bicyclic) bond motifs is 9. The second-order valence-corrected chi connectivity index (χ2v) is 13.0. The maximum atomic E-state index is 5.44. The molecule has 226 valence electrons. The van der Waals surface area contributed by atoms with Crippen LogP contribution in [0, 0.1) is 0 Å². The van der Waals surface area contributed by atoms with Gasteiger partial charge in [0.25, 0.3) is 0 Å². The lowest BCUT2D eigenvalue weighted by atomic mass is 9.97. The summed E-state index contributed by atoms with van der Waals surface area (Å²) in [6.45, 7) is 0. The molecule has 0 unspecified atom stereocenters. The molecule has 1 aliphatic carbocycles. The van der Waals surface area contributed by atoms with Gasteiger partial charge in [0.2, 0.25) is 5.95 Å². The molecule has 0 fully saturated rings. The molecule has 0 bridgehead atoms. The Kier molecular flexibility index (Phi) is 5.38. The second kappa shape index (κ2) is 9.96. The molecule has 10 aromatic rings. The van der Waals surface area contributed by atoms with E-state index in [2.05, 4.69) is 168 Å². The van der Waals surface area contributed by atoms with Gasteiger partial charge in [-0.3, -0.25) is 4.57 Å². The van der Waals surface area contributed by atoms with Crippen molar-refractivity contribution in [1.29, 1.82) is 0 Å². The number of benzene rings is 8. The highest BCUT2D eigenvalue weighted by Crippen LogP contribution is 2.51. The van der Waals surface area contributed by atoms with Crippen molar-refractivity contribution in [3.05, 3.63) is 164 Å². The Morgan fingerprint density at radius 2 is 1.00 bits per heavy atom. The van der Waals surface area contributed by atoms with Gasteiger partial charge in [0.05, 0.1) is 22.2 Å². The zero-order valence-corrected chi connectivity index (χ0v) is 26.4. The summed E-state index contributed by atoms with van der Waals surface area (Å²) in [6, 6.07) is 58.8. The first kappa shape index (κ1) is 26.5. The summed E-state index contributed by atoms with van der Waals surface area (Å²) in [6.07, 6.45) is 0. The summed E-state index contributed by atoms with van der Waals surface area (Å²) in [4.78, 5) is 10.7. The van der Waals surface area contributed by atoms with Crippen LogP contribution in [-0.2, 0) is 0 Å². The Labute approximate surface area is 282 Å². The van der Waals surface area contributed by atoms with Crippen LogP contribution in [0.1, 0.15) is 0 Å². The highest BCUT2D eigenvalue weighted by Gasteiger charge is 2.26. The Hall–Kier alpha value is -6.58. The molecule has 1 aliphatic rings. The van der Waals surface area contributed by atoms with Crippen molar-refractivity contribution >= 4 is 54.3 Å². The molecule has 3 heteroatoms. The standard InChI is InChI=1S/C46H27N3/c1-2-11-28(12-3-1)29-21-23-30(24-22-29)45-36-17-8-9-20-40(36)47-46(48-45)49-41-26-32-14-5-4-13-31(32)25-39(41)44-37-19-10-18-35-33-15-6-7-16-34(33)38(43(35)37)27-42(44)49/h1-27H. The summed E-state index contributed by atoms with van der Waals surface area (Å²) in [5.41, 5.74) is 12.6. The van der Waals surface area contributed by atoms with Crippen molar-refractivity contribution in [2.45, 2.75) is 0 Å². The van der Waals surface area contributed by atoms with Gasteiger partial charge in [0.1, 0.15) is 0 Å². The van der Waals surface area contributed by atoms with E-state index in [0.717, 1.165) is 33.2 Å². The Morgan fingerprint density at radius 1 is 0.367 bits per heavy atom. The minimum absolute atomic E-state index is 0.671. The maximum Gasteiger partial charge on any atom is 0.235 e. The third kappa shape index (κ3) is 3.78. The lowest BCUT2D eigenvalue weighted by Crippen LogP contribution is -2.03. The average Bonchev–Trinajstić information content (AvgIpc) is 3.67. The van der Waals surface area contributed by atoms with Gasteiger partial charge in [0, 0.05) is 21.7 Å². The molecular formula is C46H27N3. The lowest BCUT2D eigenvalue weighted by molar-refractivity contribution is 1.01. The van der Waals surface area contributed by atoms with E-state index < -0.39 is 0 Å². The second-order valence-electron chi connectivity index (χ2n) is 13.0. The van der Waals surface area contributed by atoms with Gasteiger partial charge in [-0.25, -0.2) is 9.97 Å². The topological polar surface area (TPSA) is 30.7 Å². The fourth-order valence-electron chi connectivity index (χ4n) is 8.11. The van der Waals surface area contributed by atoms with E-state index in [1.165, 1.54) is 65.7 Å². The van der Waals surface area contributed by atoms with Gasteiger partial charge in [-0.15, -0.1) is 0 Å². The smallest absolute Gasteiger partial charge is 0.235 e. The number of hydrogen-bond donors (Lipinski definition) is 0. The lowest BCUT2D eigenvalue weighted by Gasteiger charge is -2.13. The Morgan fingerprint density at radius 3 is 1.84 bits per heavy atom. The van der Waals surface area contributed by atoms with Gasteiger partial charge >= 0.3 is 0 Å². The van der Waals surface area contributed by atoms with E-state index in [0.29, 0.717) is 5.95 Å². The first-order valence-electron chi connectivity index (χ1n) is 16.8. The van der Waals surface area contributed by atoms with Crippen LogP contribution in [0.2, 0.25) is 0 Å². The van der Waals surface area contributed by atoms with E-state index in [4.69, 9.17) is 9.97 Å². The van der Waals surface area contributed by atoms with Crippen molar-refractivity contribution in [2.75, 3.05) is 0 Å². The molecule has 2 aromatic heterocycles. The summed E-state index contributed by atoms with van der Waals surface area (Å²) >= 11 is 0. The first-order chi connectivity index (χ1) is 24.3. The highest BCUT2D eigenvalue weighted by atomic mass is 15.2. The van der Waals surface area contributed by atoms with E-state index in [-0.39, 0.29) is 0 Å². The molecule has 0 N–H and O–H groups in total. The third-order valence-corrected chi connectivity index (χ3v) is 10.3. The van der Waals surface area contributed by atoms with E-state index in [9.17, 15) is 0 Å². The molecular weight excluding hydrogens is 595 g/mol. The van der Waals surface area contributed by atoms with E-state index in [1.54, 1.807) is 0 Å². The number of aromatic nitrogens is 3. The molecule has 0 atom stereocenters. The molecule has 8 aromatic carbocycles. The number of nitrogens with zero attached hydrogens (tertiary/aromatic N) is 3. The van der Waals surface area contributed by atoms with Crippen molar-refractivity contribution < 1.29 is 0 Å². The predicted molar refractivity (Wildman–Crippen MR) is 204 cm³/mol. The van der Waals surface area contributed by atoms with Gasteiger partial charge in [0.15, 0.2) is 0 Å². The molecule has 0 radical (unpaired) electrons. The van der Waals surface area contributed by atoms with Crippen LogP contribution in [0.3, 0.4) is 0 Å². The normalized spacial score (nSPS) is 12.1. The molecule has 0 aliphatic heterocycles. The molecule has 49 heavy (non-hydrogen) atoms. The molecule has 0 spiro atoms. The summed E-state index contributed by atoms with van der Waals surface area (Å²) in [5.74, 6) is 0.671. The average molecular weight is 622 g/mol. The molecule has 0 saturated heterocycles. The van der Waals surface area contributed by atoms with E-state index in [1.807, 2.05) is 0 Å². The molecule has 2 heterocycles. The van der Waals surface area contributed by atoms with Gasteiger partial charge in [-0.1, -0.05) is 140 Å². The van der Waals surface area contributed by atoms with Gasteiger partial charge in [-0.2, -0.15) is 0 Å². The largest absolute Gasteiger partial charge is 0.278 e. The quantitative estimate of drug-likeness (QED) is 0.196. The van der Waals surface area contributed by atoms with Crippen LogP contribution < -0.4 is 0 Å². The van der Waals surface area contributed by atoms with Crippen LogP contribution >= 0.6 is 0 Å². The molecule has 11 rings (SSSR count). The molecule has 0 saturated carbocycles. The SMILES string of the molecule is c1ccc(-c2ccc(-c3nc(-n4c5cc6ccccc6cc5c5c6cccc7c6c(cc54)-c4ccccc4-7)nc4ccccc34)cc2)cc1. The van der Waals surface area contributed by atoms with Crippen LogP contribution in [0.5, 0.6) is 0 Å². The van der Waals surface area contributed by atoms with Crippen molar-refractivity contribution in [3.63, 3.8) is 0 Å². The van der Waals surface area contributed by atoms with Crippen LogP contribution in [0.4, 0.5) is 0 Å². The van der Waals surface area contributed by atoms with Gasteiger partial charge in [-0.05, 0) is 79.2 Å². The predicted octanol–water partition coefficient (Wildman–Crippen LogP) is 12.0. The minimum atomic E-state index is 0.671. The van der Waals surface area contributed by atoms with Crippen LogP contribution in [0.25, 0.3) is 105 Å². The van der Waals surface area contributed by atoms with Crippen molar-refractivity contribution in [1.82, 2.24) is 14.5 Å². The first-order valence-corrected chi connectivity index (χ1v) is 16.8. The fraction of sp³-hybridized carbons (Fsp3) is 0.